The Labute approximate surface area is 129 Å². The summed E-state index contributed by atoms with van der Waals surface area (Å²) in [6.07, 6.45) is 13.8. The van der Waals surface area contributed by atoms with Gasteiger partial charge in [-0.1, -0.05) is 24.4 Å². The predicted octanol–water partition coefficient (Wildman–Crippen LogP) is 4.35. The van der Waals surface area contributed by atoms with Gasteiger partial charge in [0.2, 0.25) is 0 Å². The van der Waals surface area contributed by atoms with Crippen LogP contribution >= 0.6 is 0 Å². The number of hydrogen-bond acceptors (Lipinski definition) is 3. The SMILES string of the molecule is NCCC1CC(CCC2CCC(CN=O)C2CC2CC2)C1. The number of rotatable bonds is 9. The summed E-state index contributed by atoms with van der Waals surface area (Å²) in [6, 6.07) is 0. The van der Waals surface area contributed by atoms with Gasteiger partial charge in [0.1, 0.15) is 0 Å². The zero-order valence-electron chi connectivity index (χ0n) is 13.4. The number of nitrogens with zero attached hydrogens (tertiary/aromatic N) is 1. The minimum Gasteiger partial charge on any atom is -0.330 e. The molecule has 3 saturated carbocycles. The average Bonchev–Trinajstić information content (AvgIpc) is 3.17. The molecule has 3 fully saturated rings. The van der Waals surface area contributed by atoms with E-state index in [2.05, 4.69) is 5.18 Å². The van der Waals surface area contributed by atoms with Crippen molar-refractivity contribution in [2.75, 3.05) is 13.1 Å². The van der Waals surface area contributed by atoms with Crippen molar-refractivity contribution in [2.24, 2.45) is 46.4 Å². The van der Waals surface area contributed by atoms with Gasteiger partial charge in [0.25, 0.3) is 0 Å². The summed E-state index contributed by atoms with van der Waals surface area (Å²) in [4.78, 5) is 10.7. The highest BCUT2D eigenvalue weighted by molar-refractivity contribution is 4.91. The fraction of sp³-hybridized carbons (Fsp3) is 1.00. The number of hydrogen-bond donors (Lipinski definition) is 1. The van der Waals surface area contributed by atoms with Gasteiger partial charge in [-0.2, -0.15) is 4.91 Å². The molecule has 0 saturated heterocycles. The molecule has 3 nitrogen and oxygen atoms in total. The van der Waals surface area contributed by atoms with E-state index in [1.165, 1.54) is 64.2 Å². The van der Waals surface area contributed by atoms with Crippen LogP contribution in [0.5, 0.6) is 0 Å². The van der Waals surface area contributed by atoms with Crippen LogP contribution < -0.4 is 5.73 Å². The molecule has 120 valence electrons. The third-order valence-electron chi connectivity index (χ3n) is 6.58. The van der Waals surface area contributed by atoms with E-state index >= 15 is 0 Å². The maximum absolute atomic E-state index is 10.7. The second-order valence-corrected chi connectivity index (χ2v) is 8.11. The van der Waals surface area contributed by atoms with Crippen LogP contribution in [-0.2, 0) is 0 Å². The van der Waals surface area contributed by atoms with E-state index in [4.69, 9.17) is 5.73 Å². The maximum atomic E-state index is 10.7. The third kappa shape index (κ3) is 4.06. The van der Waals surface area contributed by atoms with Crippen molar-refractivity contribution in [3.63, 3.8) is 0 Å². The summed E-state index contributed by atoms with van der Waals surface area (Å²) in [6.45, 7) is 1.44. The van der Waals surface area contributed by atoms with Crippen LogP contribution in [0.25, 0.3) is 0 Å². The van der Waals surface area contributed by atoms with E-state index in [0.29, 0.717) is 12.5 Å². The zero-order valence-corrected chi connectivity index (χ0v) is 13.4. The van der Waals surface area contributed by atoms with Gasteiger partial charge in [-0.05, 0) is 87.0 Å². The van der Waals surface area contributed by atoms with Gasteiger partial charge in [-0.3, -0.25) is 0 Å². The molecule has 0 spiro atoms. The van der Waals surface area contributed by atoms with Gasteiger partial charge in [0.05, 0.1) is 6.54 Å². The molecule has 2 N–H and O–H groups in total. The first-order valence-electron chi connectivity index (χ1n) is 9.29. The topological polar surface area (TPSA) is 55.4 Å². The molecule has 0 aromatic carbocycles. The van der Waals surface area contributed by atoms with Crippen LogP contribution in [0.2, 0.25) is 0 Å². The second-order valence-electron chi connectivity index (χ2n) is 8.11. The first-order chi connectivity index (χ1) is 10.3. The summed E-state index contributed by atoms with van der Waals surface area (Å²) in [5.74, 6) is 5.21. The molecular formula is C18H32N2O. The van der Waals surface area contributed by atoms with E-state index in [0.717, 1.165) is 36.1 Å². The second kappa shape index (κ2) is 7.21. The lowest BCUT2D eigenvalue weighted by molar-refractivity contribution is 0.154. The Hall–Kier alpha value is -0.440. The fourth-order valence-corrected chi connectivity index (χ4v) is 5.08. The molecule has 3 aliphatic rings. The van der Waals surface area contributed by atoms with E-state index in [-0.39, 0.29) is 0 Å². The molecule has 0 heterocycles. The monoisotopic (exact) mass is 292 g/mol. The van der Waals surface area contributed by atoms with Crippen molar-refractivity contribution >= 4 is 0 Å². The summed E-state index contributed by atoms with van der Waals surface area (Å²) in [7, 11) is 0. The molecule has 0 radical (unpaired) electrons. The largest absolute Gasteiger partial charge is 0.330 e. The minimum absolute atomic E-state index is 0.579. The molecule has 3 unspecified atom stereocenters. The fourth-order valence-electron chi connectivity index (χ4n) is 5.08. The smallest absolute Gasteiger partial charge is 0.0842 e. The lowest BCUT2D eigenvalue weighted by atomic mass is 9.70. The summed E-state index contributed by atoms with van der Waals surface area (Å²) in [5.41, 5.74) is 5.64. The predicted molar refractivity (Wildman–Crippen MR) is 86.8 cm³/mol. The molecule has 3 aliphatic carbocycles. The molecule has 0 aromatic rings. The van der Waals surface area contributed by atoms with Crippen LogP contribution in [0.1, 0.15) is 64.2 Å². The highest BCUT2D eigenvalue weighted by Crippen LogP contribution is 2.49. The van der Waals surface area contributed by atoms with Crippen molar-refractivity contribution in [3.05, 3.63) is 4.91 Å². The Bertz CT molecular complexity index is 336. The maximum Gasteiger partial charge on any atom is 0.0842 e. The Balaban J connectivity index is 1.42. The average molecular weight is 292 g/mol. The minimum atomic E-state index is 0.579. The Morgan fingerprint density at radius 3 is 2.24 bits per heavy atom. The van der Waals surface area contributed by atoms with Crippen LogP contribution in [0.3, 0.4) is 0 Å². The Kier molecular flexibility index (Phi) is 5.31. The molecule has 21 heavy (non-hydrogen) atoms. The van der Waals surface area contributed by atoms with E-state index in [1.54, 1.807) is 0 Å². The standard InChI is InChI=1S/C18H32N2O/c19-8-7-15-9-14(10-15)3-4-16-5-6-17(12-20-21)18(16)11-13-1-2-13/h13-18H,1-12,19H2. The molecule has 3 heteroatoms. The molecule has 0 amide bonds. The lowest BCUT2D eigenvalue weighted by Gasteiger charge is -2.36. The molecular weight excluding hydrogens is 260 g/mol. The summed E-state index contributed by atoms with van der Waals surface area (Å²) in [5, 5.41) is 3.22. The molecule has 0 aliphatic heterocycles. The lowest BCUT2D eigenvalue weighted by Crippen LogP contribution is -2.27. The van der Waals surface area contributed by atoms with E-state index in [1.807, 2.05) is 0 Å². The Morgan fingerprint density at radius 2 is 1.57 bits per heavy atom. The first-order valence-corrected chi connectivity index (χ1v) is 9.29. The van der Waals surface area contributed by atoms with Crippen LogP contribution in [-0.4, -0.2) is 13.1 Å². The highest BCUT2D eigenvalue weighted by atomic mass is 16.3. The third-order valence-corrected chi connectivity index (χ3v) is 6.58. The molecule has 0 aromatic heterocycles. The summed E-state index contributed by atoms with van der Waals surface area (Å²) < 4.78 is 0. The van der Waals surface area contributed by atoms with Crippen LogP contribution in [0.15, 0.2) is 5.18 Å². The van der Waals surface area contributed by atoms with Crippen molar-refractivity contribution in [2.45, 2.75) is 64.2 Å². The molecule has 0 bridgehead atoms. The van der Waals surface area contributed by atoms with Gasteiger partial charge in [0, 0.05) is 0 Å². The van der Waals surface area contributed by atoms with Crippen LogP contribution in [0.4, 0.5) is 0 Å². The molecule has 3 rings (SSSR count). The van der Waals surface area contributed by atoms with Gasteiger partial charge >= 0.3 is 0 Å². The van der Waals surface area contributed by atoms with Crippen molar-refractivity contribution in [3.8, 4) is 0 Å². The van der Waals surface area contributed by atoms with Gasteiger partial charge in [-0.15, -0.1) is 0 Å². The first kappa shape index (κ1) is 15.5. The Morgan fingerprint density at radius 1 is 0.857 bits per heavy atom. The summed E-state index contributed by atoms with van der Waals surface area (Å²) >= 11 is 0. The van der Waals surface area contributed by atoms with Crippen molar-refractivity contribution in [1.82, 2.24) is 0 Å². The van der Waals surface area contributed by atoms with Gasteiger partial charge in [-0.25, -0.2) is 0 Å². The van der Waals surface area contributed by atoms with Gasteiger partial charge < -0.3 is 5.73 Å². The quantitative estimate of drug-likeness (QED) is 0.642. The van der Waals surface area contributed by atoms with E-state index < -0.39 is 0 Å². The number of nitroso groups, excluding NO2 is 1. The zero-order chi connectivity index (χ0) is 14.7. The van der Waals surface area contributed by atoms with E-state index in [9.17, 15) is 4.91 Å². The van der Waals surface area contributed by atoms with Crippen molar-refractivity contribution in [1.29, 1.82) is 0 Å². The van der Waals surface area contributed by atoms with Crippen LogP contribution in [0, 0.1) is 40.4 Å². The van der Waals surface area contributed by atoms with Gasteiger partial charge in [0.15, 0.2) is 0 Å². The highest BCUT2D eigenvalue weighted by Gasteiger charge is 2.40. The normalized spacial score (nSPS) is 39.2. The number of nitrogens with two attached hydrogens (primary N) is 1. The van der Waals surface area contributed by atoms with Crippen molar-refractivity contribution < 1.29 is 0 Å². The molecule has 3 atom stereocenters.